The Labute approximate surface area is 138 Å². The SMILES string of the molecule is CCn1ccnc(N2CCC(NC(=O)Nc3ccon3)CC2)c1=O. The van der Waals surface area contributed by atoms with Crippen LogP contribution < -0.4 is 21.1 Å². The minimum atomic E-state index is -0.312. The highest BCUT2D eigenvalue weighted by Crippen LogP contribution is 2.15. The van der Waals surface area contributed by atoms with Gasteiger partial charge in [0.2, 0.25) is 0 Å². The van der Waals surface area contributed by atoms with Crippen LogP contribution in [0.25, 0.3) is 0 Å². The molecule has 3 heterocycles. The average molecular weight is 332 g/mol. The highest BCUT2D eigenvalue weighted by molar-refractivity contribution is 5.88. The van der Waals surface area contributed by atoms with Gasteiger partial charge in [-0.3, -0.25) is 10.1 Å². The Morgan fingerprint density at radius 1 is 1.42 bits per heavy atom. The fourth-order valence-corrected chi connectivity index (χ4v) is 2.75. The molecule has 0 saturated carbocycles. The molecular formula is C15H20N6O3. The van der Waals surface area contributed by atoms with Gasteiger partial charge in [0.15, 0.2) is 11.6 Å². The van der Waals surface area contributed by atoms with E-state index in [1.807, 2.05) is 11.8 Å². The molecule has 2 aromatic heterocycles. The first-order valence-corrected chi connectivity index (χ1v) is 7.95. The number of nitrogens with zero attached hydrogens (tertiary/aromatic N) is 4. The highest BCUT2D eigenvalue weighted by atomic mass is 16.5. The maximum absolute atomic E-state index is 12.3. The van der Waals surface area contributed by atoms with Gasteiger partial charge >= 0.3 is 6.03 Å². The van der Waals surface area contributed by atoms with Crippen LogP contribution in [0.4, 0.5) is 16.4 Å². The van der Waals surface area contributed by atoms with Crippen LogP contribution in [0.3, 0.4) is 0 Å². The Bertz CT molecular complexity index is 734. The minimum absolute atomic E-state index is 0.0465. The van der Waals surface area contributed by atoms with E-state index in [0.29, 0.717) is 31.3 Å². The Kier molecular flexibility index (Phi) is 4.78. The lowest BCUT2D eigenvalue weighted by molar-refractivity contribution is 0.245. The summed E-state index contributed by atoms with van der Waals surface area (Å²) in [6.45, 7) is 3.89. The van der Waals surface area contributed by atoms with Gasteiger partial charge < -0.3 is 19.3 Å². The van der Waals surface area contributed by atoms with Gasteiger partial charge in [0.05, 0.1) is 0 Å². The summed E-state index contributed by atoms with van der Waals surface area (Å²) in [5.41, 5.74) is -0.0739. The number of hydrogen-bond donors (Lipinski definition) is 2. The summed E-state index contributed by atoms with van der Waals surface area (Å²) in [6, 6.07) is 1.31. The molecule has 9 nitrogen and oxygen atoms in total. The number of piperidine rings is 1. The second-order valence-electron chi connectivity index (χ2n) is 5.59. The van der Waals surface area contributed by atoms with E-state index in [-0.39, 0.29) is 17.6 Å². The Morgan fingerprint density at radius 2 is 2.21 bits per heavy atom. The fraction of sp³-hybridized carbons (Fsp3) is 0.467. The van der Waals surface area contributed by atoms with Crippen LogP contribution in [0, 0.1) is 0 Å². The van der Waals surface area contributed by atoms with Crippen LogP contribution in [0.1, 0.15) is 19.8 Å². The number of carbonyl (C=O) groups excluding carboxylic acids is 1. The zero-order valence-corrected chi connectivity index (χ0v) is 13.4. The van der Waals surface area contributed by atoms with E-state index in [4.69, 9.17) is 0 Å². The van der Waals surface area contributed by atoms with Crippen molar-refractivity contribution >= 4 is 17.7 Å². The van der Waals surface area contributed by atoms with Crippen molar-refractivity contribution in [1.82, 2.24) is 20.0 Å². The van der Waals surface area contributed by atoms with Crippen LogP contribution in [-0.2, 0) is 6.54 Å². The fourth-order valence-electron chi connectivity index (χ4n) is 2.75. The molecule has 1 fully saturated rings. The van der Waals surface area contributed by atoms with Crippen molar-refractivity contribution in [1.29, 1.82) is 0 Å². The number of amides is 2. The number of aromatic nitrogens is 3. The first-order valence-electron chi connectivity index (χ1n) is 7.95. The van der Waals surface area contributed by atoms with E-state index in [9.17, 15) is 9.59 Å². The molecule has 1 aliphatic rings. The third kappa shape index (κ3) is 3.55. The maximum Gasteiger partial charge on any atom is 0.320 e. The summed E-state index contributed by atoms with van der Waals surface area (Å²) in [6.07, 6.45) is 6.22. The molecule has 9 heteroatoms. The molecule has 0 aliphatic carbocycles. The summed E-state index contributed by atoms with van der Waals surface area (Å²) in [7, 11) is 0. The molecule has 0 unspecified atom stereocenters. The number of urea groups is 1. The number of carbonyl (C=O) groups is 1. The van der Waals surface area contributed by atoms with Gasteiger partial charge in [-0.2, -0.15) is 0 Å². The molecule has 1 aliphatic heterocycles. The summed E-state index contributed by atoms with van der Waals surface area (Å²) in [4.78, 5) is 30.4. The molecule has 2 amide bonds. The van der Waals surface area contributed by atoms with Crippen molar-refractivity contribution in [3.63, 3.8) is 0 Å². The molecule has 3 rings (SSSR count). The van der Waals surface area contributed by atoms with Crippen molar-refractivity contribution in [2.24, 2.45) is 0 Å². The van der Waals surface area contributed by atoms with Gasteiger partial charge in [-0.05, 0) is 19.8 Å². The molecule has 0 bridgehead atoms. The summed E-state index contributed by atoms with van der Waals surface area (Å²) >= 11 is 0. The van der Waals surface area contributed by atoms with Crippen molar-refractivity contribution in [3.8, 4) is 0 Å². The quantitative estimate of drug-likeness (QED) is 0.867. The lowest BCUT2D eigenvalue weighted by Crippen LogP contribution is -2.47. The third-order valence-corrected chi connectivity index (χ3v) is 4.05. The van der Waals surface area contributed by atoms with Crippen LogP contribution >= 0.6 is 0 Å². The molecular weight excluding hydrogens is 312 g/mol. The zero-order valence-electron chi connectivity index (χ0n) is 13.4. The lowest BCUT2D eigenvalue weighted by Gasteiger charge is -2.32. The van der Waals surface area contributed by atoms with E-state index in [1.54, 1.807) is 23.0 Å². The van der Waals surface area contributed by atoms with Gasteiger partial charge in [-0.1, -0.05) is 5.16 Å². The van der Waals surface area contributed by atoms with Crippen molar-refractivity contribution in [2.45, 2.75) is 32.4 Å². The third-order valence-electron chi connectivity index (χ3n) is 4.05. The van der Waals surface area contributed by atoms with E-state index < -0.39 is 0 Å². The molecule has 0 spiro atoms. The first kappa shape index (κ1) is 16.0. The standard InChI is InChI=1S/C15H20N6O3/c1-2-20-9-6-16-13(14(20)22)21-7-3-11(4-8-21)17-15(23)18-12-5-10-24-19-12/h5-6,9-11H,2-4,7-8H2,1H3,(H2,17,18,19,23). The second-order valence-corrected chi connectivity index (χ2v) is 5.59. The summed E-state index contributed by atoms with van der Waals surface area (Å²) in [5, 5.41) is 9.13. The molecule has 24 heavy (non-hydrogen) atoms. The van der Waals surface area contributed by atoms with Gasteiger partial charge in [-0.25, -0.2) is 9.78 Å². The van der Waals surface area contributed by atoms with E-state index in [1.165, 1.54) is 6.26 Å². The van der Waals surface area contributed by atoms with Crippen LogP contribution in [0.15, 0.2) is 34.0 Å². The lowest BCUT2D eigenvalue weighted by atomic mass is 10.1. The molecule has 1 saturated heterocycles. The Morgan fingerprint density at radius 3 is 2.88 bits per heavy atom. The maximum atomic E-state index is 12.3. The van der Waals surface area contributed by atoms with Crippen molar-refractivity contribution in [2.75, 3.05) is 23.3 Å². The number of aryl methyl sites for hydroxylation is 1. The normalized spacial score (nSPS) is 15.3. The predicted molar refractivity (Wildman–Crippen MR) is 88.1 cm³/mol. The highest BCUT2D eigenvalue weighted by Gasteiger charge is 2.23. The second kappa shape index (κ2) is 7.16. The van der Waals surface area contributed by atoms with Crippen LogP contribution in [-0.4, -0.2) is 39.9 Å². The number of rotatable bonds is 4. The molecule has 128 valence electrons. The van der Waals surface area contributed by atoms with Crippen molar-refractivity contribution < 1.29 is 9.32 Å². The van der Waals surface area contributed by atoms with Crippen molar-refractivity contribution in [3.05, 3.63) is 35.1 Å². The molecule has 0 radical (unpaired) electrons. The van der Waals surface area contributed by atoms with Gasteiger partial charge in [-0.15, -0.1) is 0 Å². The number of nitrogens with one attached hydrogen (secondary N) is 2. The van der Waals surface area contributed by atoms with Gasteiger partial charge in [0.25, 0.3) is 5.56 Å². The summed E-state index contributed by atoms with van der Waals surface area (Å²) < 4.78 is 6.30. The number of anilines is 2. The summed E-state index contributed by atoms with van der Waals surface area (Å²) in [5.74, 6) is 0.850. The van der Waals surface area contributed by atoms with Gasteiger partial charge in [0, 0.05) is 44.1 Å². The molecule has 0 aromatic carbocycles. The topological polar surface area (TPSA) is 105 Å². The zero-order chi connectivity index (χ0) is 16.9. The number of hydrogen-bond acceptors (Lipinski definition) is 6. The first-order chi connectivity index (χ1) is 11.7. The molecule has 0 atom stereocenters. The molecule has 2 aromatic rings. The minimum Gasteiger partial charge on any atom is -0.363 e. The Balaban J connectivity index is 1.54. The monoisotopic (exact) mass is 332 g/mol. The average Bonchev–Trinajstić information content (AvgIpc) is 3.09. The van der Waals surface area contributed by atoms with E-state index >= 15 is 0 Å². The van der Waals surface area contributed by atoms with Crippen LogP contribution in [0.5, 0.6) is 0 Å². The molecule has 2 N–H and O–H groups in total. The van der Waals surface area contributed by atoms with E-state index in [0.717, 1.165) is 12.8 Å². The Hall–Kier alpha value is -2.84. The predicted octanol–water partition coefficient (Wildman–Crippen LogP) is 1.04. The van der Waals surface area contributed by atoms with Gasteiger partial charge in [0.1, 0.15) is 6.26 Å². The smallest absolute Gasteiger partial charge is 0.320 e. The largest absolute Gasteiger partial charge is 0.363 e. The van der Waals surface area contributed by atoms with Crippen LogP contribution in [0.2, 0.25) is 0 Å². The van der Waals surface area contributed by atoms with E-state index in [2.05, 4.69) is 25.3 Å².